The number of hydrogen-bond acceptors (Lipinski definition) is 5. The fourth-order valence-electron chi connectivity index (χ4n) is 1.60. The minimum absolute atomic E-state index is 0.0136. The van der Waals surface area contributed by atoms with Gasteiger partial charge in [0.25, 0.3) is 0 Å². The predicted molar refractivity (Wildman–Crippen MR) is 88.8 cm³/mol. The van der Waals surface area contributed by atoms with E-state index in [9.17, 15) is 14.4 Å². The Morgan fingerprint density at radius 3 is 1.96 bits per heavy atom. The highest BCUT2D eigenvalue weighted by molar-refractivity contribution is 5.72. The van der Waals surface area contributed by atoms with Gasteiger partial charge in [-0.25, -0.2) is 9.59 Å². The number of carbonyl (C=O) groups excluding carboxylic acids is 2. The molecule has 0 aromatic heterocycles. The van der Waals surface area contributed by atoms with Gasteiger partial charge in [0.05, 0.1) is 5.92 Å². The number of nitrogens with one attached hydrogen (secondary N) is 1. The molecule has 0 bridgehead atoms. The predicted octanol–water partition coefficient (Wildman–Crippen LogP) is 2.47. The van der Waals surface area contributed by atoms with Gasteiger partial charge in [-0.2, -0.15) is 0 Å². The second-order valence-corrected chi connectivity index (χ2v) is 7.59. The molecule has 0 rings (SSSR count). The summed E-state index contributed by atoms with van der Waals surface area (Å²) >= 11 is 0. The van der Waals surface area contributed by atoms with Gasteiger partial charge in [0.1, 0.15) is 11.2 Å². The molecule has 0 heterocycles. The molecule has 0 fully saturated rings. The lowest BCUT2D eigenvalue weighted by atomic mass is 10.1. The molecular formula is C16H30N2O6. The fourth-order valence-corrected chi connectivity index (χ4v) is 1.60. The Morgan fingerprint density at radius 1 is 1.04 bits per heavy atom. The Bertz CT molecular complexity index is 450. The molecule has 1 unspecified atom stereocenters. The van der Waals surface area contributed by atoms with Crippen LogP contribution in [0.5, 0.6) is 0 Å². The van der Waals surface area contributed by atoms with Gasteiger partial charge in [0.2, 0.25) is 0 Å². The van der Waals surface area contributed by atoms with Crippen LogP contribution in [0.25, 0.3) is 0 Å². The molecule has 0 aliphatic carbocycles. The molecule has 24 heavy (non-hydrogen) atoms. The molecule has 140 valence electrons. The maximum Gasteiger partial charge on any atom is 0.410 e. The normalized spacial score (nSPS) is 13.0. The van der Waals surface area contributed by atoms with E-state index in [0.29, 0.717) is 0 Å². The number of aliphatic carboxylic acids is 1. The lowest BCUT2D eigenvalue weighted by molar-refractivity contribution is -0.141. The highest BCUT2D eigenvalue weighted by Gasteiger charge is 2.25. The Kier molecular flexibility index (Phi) is 8.02. The Balaban J connectivity index is 4.68. The summed E-state index contributed by atoms with van der Waals surface area (Å²) in [5.41, 5.74) is -1.31. The lowest BCUT2D eigenvalue weighted by Crippen LogP contribution is -2.44. The van der Waals surface area contributed by atoms with Gasteiger partial charge in [-0.05, 0) is 41.5 Å². The molecule has 0 aliphatic rings. The zero-order valence-corrected chi connectivity index (χ0v) is 15.6. The number of hydrogen-bond donors (Lipinski definition) is 2. The summed E-state index contributed by atoms with van der Waals surface area (Å²) in [6.45, 7) is 12.1. The second kappa shape index (κ2) is 8.75. The largest absolute Gasteiger partial charge is 0.481 e. The van der Waals surface area contributed by atoms with Crippen LogP contribution in [0.1, 0.15) is 48.5 Å². The van der Waals surface area contributed by atoms with E-state index in [1.165, 1.54) is 11.8 Å². The molecule has 0 spiro atoms. The number of nitrogens with zero attached hydrogens (tertiary/aromatic N) is 1. The summed E-state index contributed by atoms with van der Waals surface area (Å²) in [6.07, 6.45) is -1.22. The van der Waals surface area contributed by atoms with Crippen LogP contribution in [-0.2, 0) is 14.3 Å². The summed E-state index contributed by atoms with van der Waals surface area (Å²) in [6, 6.07) is 0. The van der Waals surface area contributed by atoms with Gasteiger partial charge >= 0.3 is 18.2 Å². The topological polar surface area (TPSA) is 105 Å². The van der Waals surface area contributed by atoms with Crippen molar-refractivity contribution in [3.63, 3.8) is 0 Å². The number of rotatable bonds is 6. The lowest BCUT2D eigenvalue weighted by Gasteiger charge is -2.28. The molecule has 0 aromatic rings. The van der Waals surface area contributed by atoms with Crippen LogP contribution in [0.3, 0.4) is 0 Å². The highest BCUT2D eigenvalue weighted by atomic mass is 16.6. The molecule has 0 aromatic carbocycles. The first kappa shape index (κ1) is 22.0. The van der Waals surface area contributed by atoms with Crippen LogP contribution in [0.2, 0.25) is 0 Å². The van der Waals surface area contributed by atoms with Crippen LogP contribution >= 0.6 is 0 Å². The van der Waals surface area contributed by atoms with Gasteiger partial charge in [0, 0.05) is 19.6 Å². The quantitative estimate of drug-likeness (QED) is 0.765. The summed E-state index contributed by atoms with van der Waals surface area (Å²) in [5, 5.41) is 11.5. The van der Waals surface area contributed by atoms with E-state index in [4.69, 9.17) is 14.6 Å². The second-order valence-electron chi connectivity index (χ2n) is 7.59. The summed E-state index contributed by atoms with van der Waals surface area (Å²) in [7, 11) is 0. The SMILES string of the molecule is CC(CN(CCNC(=O)OC(C)(C)C)C(=O)OC(C)(C)C)C(=O)O. The number of ether oxygens (including phenoxy) is 2. The smallest absolute Gasteiger partial charge is 0.410 e. The molecular weight excluding hydrogens is 316 g/mol. The van der Waals surface area contributed by atoms with E-state index in [1.54, 1.807) is 41.5 Å². The van der Waals surface area contributed by atoms with E-state index in [2.05, 4.69) is 5.32 Å². The van der Waals surface area contributed by atoms with E-state index in [-0.39, 0.29) is 19.6 Å². The first-order valence-corrected chi connectivity index (χ1v) is 7.89. The first-order chi connectivity index (χ1) is 10.7. The van der Waals surface area contributed by atoms with Crippen molar-refractivity contribution in [2.45, 2.75) is 59.7 Å². The molecule has 8 nitrogen and oxygen atoms in total. The van der Waals surface area contributed by atoms with Crippen molar-refractivity contribution in [1.29, 1.82) is 0 Å². The van der Waals surface area contributed by atoms with Crippen LogP contribution in [-0.4, -0.2) is 59.0 Å². The van der Waals surface area contributed by atoms with Crippen LogP contribution in [0.4, 0.5) is 9.59 Å². The van der Waals surface area contributed by atoms with E-state index < -0.39 is 35.3 Å². The average molecular weight is 346 g/mol. The monoisotopic (exact) mass is 346 g/mol. The molecule has 0 aliphatic heterocycles. The van der Waals surface area contributed by atoms with Crippen molar-refractivity contribution < 1.29 is 29.0 Å². The number of carbonyl (C=O) groups is 3. The van der Waals surface area contributed by atoms with Crippen molar-refractivity contribution >= 4 is 18.2 Å². The third-order valence-corrected chi connectivity index (χ3v) is 2.62. The van der Waals surface area contributed by atoms with Crippen LogP contribution < -0.4 is 5.32 Å². The standard InChI is InChI=1S/C16H30N2O6/c1-11(12(19)20)10-18(14(22)24-16(5,6)7)9-8-17-13(21)23-15(2,3)4/h11H,8-10H2,1-7H3,(H,17,21)(H,19,20). The number of amides is 2. The molecule has 0 radical (unpaired) electrons. The van der Waals surface area contributed by atoms with Gasteiger partial charge in [-0.15, -0.1) is 0 Å². The van der Waals surface area contributed by atoms with Crippen molar-refractivity contribution in [2.75, 3.05) is 19.6 Å². The minimum Gasteiger partial charge on any atom is -0.481 e. The van der Waals surface area contributed by atoms with E-state index in [1.807, 2.05) is 0 Å². The Labute approximate surface area is 143 Å². The third-order valence-electron chi connectivity index (χ3n) is 2.62. The number of carboxylic acid groups (broad SMARTS) is 1. The summed E-state index contributed by atoms with van der Waals surface area (Å²) < 4.78 is 10.4. The van der Waals surface area contributed by atoms with Gasteiger partial charge < -0.3 is 24.8 Å². The minimum atomic E-state index is -1.01. The molecule has 8 heteroatoms. The fraction of sp³-hybridized carbons (Fsp3) is 0.812. The Morgan fingerprint density at radius 2 is 1.54 bits per heavy atom. The average Bonchev–Trinajstić information content (AvgIpc) is 2.32. The molecule has 2 amide bonds. The number of carboxylic acids is 1. The van der Waals surface area contributed by atoms with Gasteiger partial charge in [-0.3, -0.25) is 4.79 Å². The maximum atomic E-state index is 12.2. The van der Waals surface area contributed by atoms with Crippen molar-refractivity contribution in [1.82, 2.24) is 10.2 Å². The van der Waals surface area contributed by atoms with Crippen LogP contribution in [0, 0.1) is 5.92 Å². The van der Waals surface area contributed by atoms with Crippen LogP contribution in [0.15, 0.2) is 0 Å². The Hall–Kier alpha value is -1.99. The maximum absolute atomic E-state index is 12.2. The van der Waals surface area contributed by atoms with Crippen molar-refractivity contribution in [3.8, 4) is 0 Å². The molecule has 0 saturated carbocycles. The highest BCUT2D eigenvalue weighted by Crippen LogP contribution is 2.11. The molecule has 0 saturated heterocycles. The zero-order chi connectivity index (χ0) is 19.1. The molecule has 1 atom stereocenters. The van der Waals surface area contributed by atoms with Gasteiger partial charge in [-0.1, -0.05) is 6.92 Å². The van der Waals surface area contributed by atoms with E-state index in [0.717, 1.165) is 0 Å². The zero-order valence-electron chi connectivity index (χ0n) is 15.6. The van der Waals surface area contributed by atoms with Gasteiger partial charge in [0.15, 0.2) is 0 Å². The molecule has 2 N–H and O–H groups in total. The number of alkyl carbamates (subject to hydrolysis) is 1. The van der Waals surface area contributed by atoms with E-state index >= 15 is 0 Å². The third kappa shape index (κ3) is 10.7. The van der Waals surface area contributed by atoms with Crippen molar-refractivity contribution in [2.24, 2.45) is 5.92 Å². The van der Waals surface area contributed by atoms with Crippen molar-refractivity contribution in [3.05, 3.63) is 0 Å². The first-order valence-electron chi connectivity index (χ1n) is 7.89. The summed E-state index contributed by atoms with van der Waals surface area (Å²) in [4.78, 5) is 36.1. The summed E-state index contributed by atoms with van der Waals surface area (Å²) in [5.74, 6) is -1.76.